The molecule has 1 amide bonds. The maximum atomic E-state index is 13.0. The Kier molecular flexibility index (Phi) is 7.80. The van der Waals surface area contributed by atoms with E-state index in [1.807, 2.05) is 53.4 Å². The van der Waals surface area contributed by atoms with Gasteiger partial charge >= 0.3 is 0 Å². The predicted molar refractivity (Wildman–Crippen MR) is 137 cm³/mol. The highest BCUT2D eigenvalue weighted by Gasteiger charge is 2.18. The van der Waals surface area contributed by atoms with Crippen LogP contribution in [0, 0.1) is 11.3 Å². The number of aliphatic hydroxyl groups is 1. The lowest BCUT2D eigenvalue weighted by atomic mass is 9.99. The molecule has 0 fully saturated rings. The van der Waals surface area contributed by atoms with Crippen LogP contribution in [0.3, 0.4) is 0 Å². The third-order valence-corrected chi connectivity index (χ3v) is 6.38. The first-order chi connectivity index (χ1) is 17.0. The molecule has 0 bridgehead atoms. The number of amides is 1. The van der Waals surface area contributed by atoms with Crippen molar-refractivity contribution < 1.29 is 14.6 Å². The van der Waals surface area contributed by atoms with Gasteiger partial charge in [-0.3, -0.25) is 9.20 Å². The van der Waals surface area contributed by atoms with Gasteiger partial charge in [0.2, 0.25) is 0 Å². The summed E-state index contributed by atoms with van der Waals surface area (Å²) in [5.41, 5.74) is 3.69. The Morgan fingerprint density at radius 3 is 2.77 bits per heavy atom. The lowest BCUT2D eigenvalue weighted by Crippen LogP contribution is -2.38. The second kappa shape index (κ2) is 11.2. The molecular formula is C27H28N4O3S. The summed E-state index contributed by atoms with van der Waals surface area (Å²) in [5, 5.41) is 24.5. The van der Waals surface area contributed by atoms with Gasteiger partial charge in [0.25, 0.3) is 5.91 Å². The number of nitriles is 1. The number of nitrogens with one attached hydrogen (secondary N) is 1. The molecule has 7 nitrogen and oxygen atoms in total. The number of benzene rings is 2. The van der Waals surface area contributed by atoms with Gasteiger partial charge in [-0.15, -0.1) is 11.3 Å². The van der Waals surface area contributed by atoms with Crippen LogP contribution in [0.25, 0.3) is 16.2 Å². The van der Waals surface area contributed by atoms with E-state index in [0.29, 0.717) is 36.3 Å². The van der Waals surface area contributed by atoms with E-state index in [1.165, 1.54) is 0 Å². The molecule has 0 saturated heterocycles. The van der Waals surface area contributed by atoms with Gasteiger partial charge in [-0.05, 0) is 49.9 Å². The smallest absolute Gasteiger partial charge is 0.251 e. The summed E-state index contributed by atoms with van der Waals surface area (Å²) < 4.78 is 7.59. The molecule has 2 aromatic carbocycles. The number of carbonyl (C=O) groups excluding carboxylic acids is 1. The van der Waals surface area contributed by atoms with E-state index in [4.69, 9.17) is 4.74 Å². The molecule has 4 rings (SSSR count). The molecule has 8 heteroatoms. The lowest BCUT2D eigenvalue weighted by Gasteiger charge is -2.21. The van der Waals surface area contributed by atoms with Crippen molar-refractivity contribution in [1.82, 2.24) is 14.7 Å². The number of imidazole rings is 1. The standard InChI is InChI=1S/C27H28N4O3S/c1-3-11-34-25-9-8-21(15-22(25)16-28)26(33)29-23(13-18(2)32)14-19-4-6-20(7-5-19)24-17-31-10-12-35-27(31)30-24/h4-10,12,15,17-18,23,32H,3,11,13-14H2,1-2H3,(H,29,33)/t18?,23-/m1/s1. The van der Waals surface area contributed by atoms with Gasteiger partial charge in [0.1, 0.15) is 11.8 Å². The number of nitrogens with zero attached hydrogens (tertiary/aromatic N) is 3. The Hall–Kier alpha value is -3.67. The van der Waals surface area contributed by atoms with Crippen molar-refractivity contribution in [3.05, 3.63) is 76.9 Å². The van der Waals surface area contributed by atoms with Crippen molar-refractivity contribution in [3.63, 3.8) is 0 Å². The number of hydrogen-bond acceptors (Lipinski definition) is 6. The Morgan fingerprint density at radius 1 is 1.29 bits per heavy atom. The molecule has 1 unspecified atom stereocenters. The lowest BCUT2D eigenvalue weighted by molar-refractivity contribution is 0.0917. The van der Waals surface area contributed by atoms with Gasteiger partial charge in [-0.25, -0.2) is 4.98 Å². The summed E-state index contributed by atoms with van der Waals surface area (Å²) in [6.07, 6.45) is 5.23. The van der Waals surface area contributed by atoms with E-state index >= 15 is 0 Å². The van der Waals surface area contributed by atoms with Gasteiger partial charge in [-0.1, -0.05) is 31.2 Å². The van der Waals surface area contributed by atoms with Crippen LogP contribution in [-0.4, -0.2) is 39.2 Å². The van der Waals surface area contributed by atoms with Crippen molar-refractivity contribution in [2.75, 3.05) is 6.61 Å². The fourth-order valence-electron chi connectivity index (χ4n) is 3.93. The quantitative estimate of drug-likeness (QED) is 0.333. The summed E-state index contributed by atoms with van der Waals surface area (Å²) in [6.45, 7) is 4.21. The van der Waals surface area contributed by atoms with Crippen LogP contribution in [0.2, 0.25) is 0 Å². The summed E-state index contributed by atoms with van der Waals surface area (Å²) in [4.78, 5) is 18.6. The first-order valence-electron chi connectivity index (χ1n) is 11.6. The number of thiazole rings is 1. The van der Waals surface area contributed by atoms with E-state index in [-0.39, 0.29) is 11.9 Å². The molecule has 2 heterocycles. The van der Waals surface area contributed by atoms with Crippen molar-refractivity contribution >= 4 is 22.2 Å². The number of carbonyl (C=O) groups is 1. The molecule has 0 aliphatic rings. The van der Waals surface area contributed by atoms with E-state index in [0.717, 1.165) is 28.2 Å². The minimum Gasteiger partial charge on any atom is -0.492 e. The Morgan fingerprint density at radius 2 is 2.09 bits per heavy atom. The number of hydrogen-bond donors (Lipinski definition) is 2. The zero-order valence-corrected chi connectivity index (χ0v) is 20.6. The van der Waals surface area contributed by atoms with Gasteiger partial charge in [0.15, 0.2) is 4.96 Å². The largest absolute Gasteiger partial charge is 0.492 e. The molecule has 180 valence electrons. The number of aliphatic hydroxyl groups excluding tert-OH is 1. The topological polar surface area (TPSA) is 99.7 Å². The molecule has 0 aliphatic heterocycles. The van der Waals surface area contributed by atoms with E-state index < -0.39 is 6.10 Å². The second-order valence-electron chi connectivity index (χ2n) is 8.55. The number of rotatable bonds is 10. The fraction of sp³-hybridized carbons (Fsp3) is 0.296. The number of ether oxygens (including phenoxy) is 1. The first kappa shape index (κ1) is 24.5. The van der Waals surface area contributed by atoms with E-state index in [9.17, 15) is 15.2 Å². The van der Waals surface area contributed by atoms with Crippen LogP contribution < -0.4 is 10.1 Å². The molecule has 0 radical (unpaired) electrons. The van der Waals surface area contributed by atoms with Gasteiger partial charge in [0, 0.05) is 34.9 Å². The Bertz CT molecular complexity index is 1310. The first-order valence-corrected chi connectivity index (χ1v) is 12.5. The minimum absolute atomic E-state index is 0.271. The van der Waals surface area contributed by atoms with E-state index in [2.05, 4.69) is 16.4 Å². The van der Waals surface area contributed by atoms with Crippen molar-refractivity contribution in [2.24, 2.45) is 0 Å². The predicted octanol–water partition coefficient (Wildman–Crippen LogP) is 4.84. The molecule has 35 heavy (non-hydrogen) atoms. The SMILES string of the molecule is CCCOc1ccc(C(=O)N[C@@H](Cc2ccc(-c3cn4ccsc4n3)cc2)CC(C)O)cc1C#N. The Labute approximate surface area is 208 Å². The molecule has 2 atom stereocenters. The highest BCUT2D eigenvalue weighted by atomic mass is 32.1. The van der Waals surface area contributed by atoms with Crippen LogP contribution in [0.5, 0.6) is 5.75 Å². The van der Waals surface area contributed by atoms with Crippen molar-refractivity contribution in [2.45, 2.75) is 45.3 Å². The van der Waals surface area contributed by atoms with Gasteiger partial charge in [-0.2, -0.15) is 5.26 Å². The zero-order chi connectivity index (χ0) is 24.8. The third kappa shape index (κ3) is 6.07. The summed E-state index contributed by atoms with van der Waals surface area (Å²) in [7, 11) is 0. The van der Waals surface area contributed by atoms with Crippen LogP contribution in [-0.2, 0) is 6.42 Å². The monoisotopic (exact) mass is 488 g/mol. The van der Waals surface area contributed by atoms with Crippen LogP contribution >= 0.6 is 11.3 Å². The van der Waals surface area contributed by atoms with Gasteiger partial charge in [0.05, 0.1) is 24.0 Å². The summed E-state index contributed by atoms with van der Waals surface area (Å²) >= 11 is 1.59. The average Bonchev–Trinajstić information content (AvgIpc) is 3.45. The van der Waals surface area contributed by atoms with E-state index in [1.54, 1.807) is 36.5 Å². The van der Waals surface area contributed by atoms with Crippen LogP contribution in [0.15, 0.2) is 60.2 Å². The summed E-state index contributed by atoms with van der Waals surface area (Å²) in [5.74, 6) is 0.188. The van der Waals surface area contributed by atoms with Crippen LogP contribution in [0.4, 0.5) is 0 Å². The fourth-order valence-corrected chi connectivity index (χ4v) is 4.63. The summed E-state index contributed by atoms with van der Waals surface area (Å²) in [6, 6.07) is 14.8. The van der Waals surface area contributed by atoms with Crippen LogP contribution in [0.1, 0.15) is 48.2 Å². The highest BCUT2D eigenvalue weighted by Crippen LogP contribution is 2.23. The maximum absolute atomic E-state index is 13.0. The maximum Gasteiger partial charge on any atom is 0.251 e. The Balaban J connectivity index is 1.46. The third-order valence-electron chi connectivity index (χ3n) is 5.61. The average molecular weight is 489 g/mol. The van der Waals surface area contributed by atoms with Crippen molar-refractivity contribution in [3.8, 4) is 23.1 Å². The number of fused-ring (bicyclic) bond motifs is 1. The molecule has 0 saturated carbocycles. The second-order valence-corrected chi connectivity index (χ2v) is 9.42. The van der Waals surface area contributed by atoms with Crippen molar-refractivity contribution in [1.29, 1.82) is 5.26 Å². The molecule has 0 spiro atoms. The molecule has 2 aromatic heterocycles. The zero-order valence-electron chi connectivity index (χ0n) is 19.8. The number of aromatic nitrogens is 2. The molecular weight excluding hydrogens is 460 g/mol. The molecule has 2 N–H and O–H groups in total. The highest BCUT2D eigenvalue weighted by molar-refractivity contribution is 7.15. The van der Waals surface area contributed by atoms with Gasteiger partial charge < -0.3 is 15.2 Å². The normalized spacial score (nSPS) is 12.7. The molecule has 4 aromatic rings. The molecule has 0 aliphatic carbocycles. The minimum atomic E-state index is -0.572.